The first-order valence-corrected chi connectivity index (χ1v) is 6.93. The Balaban J connectivity index is 1.76. The quantitative estimate of drug-likeness (QED) is 0.894. The number of nitrogens with zero attached hydrogens (tertiary/aromatic N) is 2. The SMILES string of the molecule is Cc1nc(NC(=O)CCN2CCCC2)sc1C. The predicted molar refractivity (Wildman–Crippen MR) is 70.5 cm³/mol. The molecule has 2 heterocycles. The lowest BCUT2D eigenvalue weighted by Gasteiger charge is -2.13. The molecule has 0 saturated carbocycles. The lowest BCUT2D eigenvalue weighted by atomic mass is 10.4. The molecule has 1 saturated heterocycles. The highest BCUT2D eigenvalue weighted by atomic mass is 32.1. The maximum absolute atomic E-state index is 11.7. The summed E-state index contributed by atoms with van der Waals surface area (Å²) < 4.78 is 0. The van der Waals surface area contributed by atoms with Crippen LogP contribution in [-0.4, -0.2) is 35.4 Å². The van der Waals surface area contributed by atoms with Gasteiger partial charge in [0.25, 0.3) is 0 Å². The Labute approximate surface area is 106 Å². The minimum atomic E-state index is 0.0747. The van der Waals surface area contributed by atoms with Gasteiger partial charge < -0.3 is 10.2 Å². The van der Waals surface area contributed by atoms with E-state index in [1.54, 1.807) is 11.3 Å². The number of nitrogens with one attached hydrogen (secondary N) is 1. The molecule has 5 heteroatoms. The van der Waals surface area contributed by atoms with Gasteiger partial charge in [0.05, 0.1) is 5.69 Å². The molecule has 94 valence electrons. The minimum absolute atomic E-state index is 0.0747. The Bertz CT molecular complexity index is 377. The van der Waals surface area contributed by atoms with E-state index in [9.17, 15) is 4.79 Å². The van der Waals surface area contributed by atoms with Crippen molar-refractivity contribution in [3.63, 3.8) is 0 Å². The normalized spacial score (nSPS) is 16.4. The Morgan fingerprint density at radius 1 is 1.41 bits per heavy atom. The predicted octanol–water partition coefficient (Wildman–Crippen LogP) is 2.18. The van der Waals surface area contributed by atoms with Crippen LogP contribution in [0.2, 0.25) is 0 Å². The fourth-order valence-electron chi connectivity index (χ4n) is 1.97. The fourth-order valence-corrected chi connectivity index (χ4v) is 2.80. The molecule has 0 atom stereocenters. The van der Waals surface area contributed by atoms with Gasteiger partial charge in [-0.25, -0.2) is 4.98 Å². The van der Waals surface area contributed by atoms with Gasteiger partial charge in [0.1, 0.15) is 0 Å². The Morgan fingerprint density at radius 2 is 2.12 bits per heavy atom. The highest BCUT2D eigenvalue weighted by Crippen LogP contribution is 2.21. The number of hydrogen-bond acceptors (Lipinski definition) is 4. The molecule has 0 spiro atoms. The van der Waals surface area contributed by atoms with E-state index in [0.717, 1.165) is 30.5 Å². The second kappa shape index (κ2) is 5.60. The van der Waals surface area contributed by atoms with Gasteiger partial charge in [0, 0.05) is 17.8 Å². The number of likely N-dealkylation sites (tertiary alicyclic amines) is 1. The van der Waals surface area contributed by atoms with E-state index in [1.165, 1.54) is 17.7 Å². The van der Waals surface area contributed by atoms with Crippen LogP contribution in [0, 0.1) is 13.8 Å². The largest absolute Gasteiger partial charge is 0.303 e. The van der Waals surface area contributed by atoms with Crippen LogP contribution < -0.4 is 5.32 Å². The van der Waals surface area contributed by atoms with Crippen LogP contribution >= 0.6 is 11.3 Å². The molecule has 1 amide bonds. The van der Waals surface area contributed by atoms with Crippen molar-refractivity contribution in [3.05, 3.63) is 10.6 Å². The van der Waals surface area contributed by atoms with Crippen molar-refractivity contribution in [2.45, 2.75) is 33.1 Å². The number of carbonyl (C=O) groups excluding carboxylic acids is 1. The van der Waals surface area contributed by atoms with Gasteiger partial charge >= 0.3 is 0 Å². The smallest absolute Gasteiger partial charge is 0.227 e. The zero-order valence-corrected chi connectivity index (χ0v) is 11.3. The monoisotopic (exact) mass is 253 g/mol. The molecule has 0 aromatic carbocycles. The Morgan fingerprint density at radius 3 is 2.71 bits per heavy atom. The molecular formula is C12H19N3OS. The summed E-state index contributed by atoms with van der Waals surface area (Å²) in [7, 11) is 0. The van der Waals surface area contributed by atoms with E-state index in [1.807, 2.05) is 13.8 Å². The van der Waals surface area contributed by atoms with Crippen molar-refractivity contribution in [2.24, 2.45) is 0 Å². The molecule has 17 heavy (non-hydrogen) atoms. The van der Waals surface area contributed by atoms with Crippen LogP contribution in [-0.2, 0) is 4.79 Å². The molecule has 1 aromatic rings. The fraction of sp³-hybridized carbons (Fsp3) is 0.667. The summed E-state index contributed by atoms with van der Waals surface area (Å²) >= 11 is 1.54. The number of hydrogen-bond donors (Lipinski definition) is 1. The van der Waals surface area contributed by atoms with Gasteiger partial charge in [-0.2, -0.15) is 0 Å². The molecule has 1 aliphatic rings. The number of amides is 1. The van der Waals surface area contributed by atoms with Crippen LogP contribution in [0.3, 0.4) is 0 Å². The second-order valence-electron chi connectivity index (χ2n) is 4.51. The first kappa shape index (κ1) is 12.5. The van der Waals surface area contributed by atoms with Gasteiger partial charge in [-0.15, -0.1) is 11.3 Å². The first-order chi connectivity index (χ1) is 8.15. The van der Waals surface area contributed by atoms with Crippen LogP contribution in [0.4, 0.5) is 5.13 Å². The van der Waals surface area contributed by atoms with Gasteiger partial charge in [-0.1, -0.05) is 0 Å². The van der Waals surface area contributed by atoms with Crippen molar-refractivity contribution in [2.75, 3.05) is 25.0 Å². The topological polar surface area (TPSA) is 45.2 Å². The van der Waals surface area contributed by atoms with Crippen LogP contribution in [0.25, 0.3) is 0 Å². The molecule has 4 nitrogen and oxygen atoms in total. The molecule has 1 aromatic heterocycles. The highest BCUT2D eigenvalue weighted by molar-refractivity contribution is 7.15. The number of aryl methyl sites for hydroxylation is 2. The molecular weight excluding hydrogens is 234 g/mol. The molecule has 0 bridgehead atoms. The highest BCUT2D eigenvalue weighted by Gasteiger charge is 2.13. The van der Waals surface area contributed by atoms with Gasteiger partial charge in [0.2, 0.25) is 5.91 Å². The van der Waals surface area contributed by atoms with E-state index in [4.69, 9.17) is 0 Å². The van der Waals surface area contributed by atoms with Gasteiger partial charge in [0.15, 0.2) is 5.13 Å². The average Bonchev–Trinajstić information content (AvgIpc) is 2.87. The third-order valence-corrected chi connectivity index (χ3v) is 4.12. The standard InChI is InChI=1S/C12H19N3OS/c1-9-10(2)17-12(13-9)14-11(16)5-8-15-6-3-4-7-15/h3-8H2,1-2H3,(H,13,14,16). The summed E-state index contributed by atoms with van der Waals surface area (Å²) in [5, 5.41) is 3.60. The van der Waals surface area contributed by atoms with Crippen LogP contribution in [0.1, 0.15) is 29.8 Å². The molecule has 0 unspecified atom stereocenters. The summed E-state index contributed by atoms with van der Waals surface area (Å²) in [6.45, 7) is 7.14. The number of rotatable bonds is 4. The lowest BCUT2D eigenvalue weighted by Crippen LogP contribution is -2.25. The summed E-state index contributed by atoms with van der Waals surface area (Å²) in [6, 6.07) is 0. The zero-order valence-electron chi connectivity index (χ0n) is 10.5. The van der Waals surface area contributed by atoms with E-state index in [-0.39, 0.29) is 5.91 Å². The molecule has 0 aliphatic carbocycles. The summed E-state index contributed by atoms with van der Waals surface area (Å²) in [5.74, 6) is 0.0747. The van der Waals surface area contributed by atoms with Gasteiger partial charge in [-0.05, 0) is 39.8 Å². The first-order valence-electron chi connectivity index (χ1n) is 6.11. The van der Waals surface area contributed by atoms with Crippen molar-refractivity contribution in [1.82, 2.24) is 9.88 Å². The Hall–Kier alpha value is -0.940. The number of thiazole rings is 1. The maximum atomic E-state index is 11.7. The molecule has 1 aliphatic heterocycles. The molecule has 1 N–H and O–H groups in total. The van der Waals surface area contributed by atoms with E-state index < -0.39 is 0 Å². The summed E-state index contributed by atoms with van der Waals surface area (Å²) in [6.07, 6.45) is 3.11. The zero-order chi connectivity index (χ0) is 12.3. The average molecular weight is 253 g/mol. The van der Waals surface area contributed by atoms with E-state index in [0.29, 0.717) is 6.42 Å². The molecule has 0 radical (unpaired) electrons. The number of carbonyl (C=O) groups is 1. The van der Waals surface area contributed by atoms with E-state index in [2.05, 4.69) is 15.2 Å². The van der Waals surface area contributed by atoms with E-state index >= 15 is 0 Å². The number of anilines is 1. The van der Waals surface area contributed by atoms with Crippen LogP contribution in [0.5, 0.6) is 0 Å². The maximum Gasteiger partial charge on any atom is 0.227 e. The van der Waals surface area contributed by atoms with Crippen molar-refractivity contribution in [3.8, 4) is 0 Å². The van der Waals surface area contributed by atoms with Crippen molar-refractivity contribution in [1.29, 1.82) is 0 Å². The summed E-state index contributed by atoms with van der Waals surface area (Å²) in [5.41, 5.74) is 1.00. The van der Waals surface area contributed by atoms with Crippen molar-refractivity contribution < 1.29 is 4.79 Å². The van der Waals surface area contributed by atoms with Crippen molar-refractivity contribution >= 4 is 22.4 Å². The minimum Gasteiger partial charge on any atom is -0.303 e. The third kappa shape index (κ3) is 3.51. The second-order valence-corrected chi connectivity index (χ2v) is 5.71. The number of aromatic nitrogens is 1. The van der Waals surface area contributed by atoms with Gasteiger partial charge in [-0.3, -0.25) is 4.79 Å². The third-order valence-electron chi connectivity index (χ3n) is 3.13. The Kier molecular flexibility index (Phi) is 4.12. The lowest BCUT2D eigenvalue weighted by molar-refractivity contribution is -0.116. The molecule has 1 fully saturated rings. The molecule has 2 rings (SSSR count). The summed E-state index contributed by atoms with van der Waals surface area (Å²) in [4.78, 5) is 19.5. The van der Waals surface area contributed by atoms with Crippen LogP contribution in [0.15, 0.2) is 0 Å².